The van der Waals surface area contributed by atoms with Crippen LogP contribution in [0.1, 0.15) is 39.0 Å². The quantitative estimate of drug-likeness (QED) is 0.748. The number of nitrogens with zero attached hydrogens (tertiary/aromatic N) is 1. The number of hydrogen-bond donors (Lipinski definition) is 2. The lowest BCUT2D eigenvalue weighted by molar-refractivity contribution is -0.0412. The number of aliphatic hydroxyl groups excluding tert-OH is 1. The maximum Gasteiger partial charge on any atom is 0.330 e. The van der Waals surface area contributed by atoms with Gasteiger partial charge >= 0.3 is 5.69 Å². The Hall–Kier alpha value is -1.22. The van der Waals surface area contributed by atoms with E-state index in [4.69, 9.17) is 9.16 Å². The van der Waals surface area contributed by atoms with Crippen LogP contribution in [0.2, 0.25) is 5.04 Å². The molecule has 0 aromatic carbocycles. The molecule has 0 amide bonds. The van der Waals surface area contributed by atoms with E-state index >= 15 is 0 Å². The predicted octanol–water partition coefficient (Wildman–Crippen LogP) is -0.188. The van der Waals surface area contributed by atoms with Gasteiger partial charge in [0, 0.05) is 18.2 Å². The van der Waals surface area contributed by atoms with Gasteiger partial charge in [0.2, 0.25) is 0 Å². The Morgan fingerprint density at radius 2 is 2.18 bits per heavy atom. The molecule has 3 atom stereocenters. The number of aromatic nitrogens is 2. The number of aryl methyl sites for hydroxylation is 1. The van der Waals surface area contributed by atoms with E-state index in [-0.39, 0.29) is 5.04 Å². The standard InChI is InChI=1S/C14H24N2O5Si/c1-8-6-16(13(19)15-12(8)18)11-5-9(17)10(21-11)7-20-22-14(2,3)4/h6,9-11,17H,5,7,22H2,1-4H3,(H,15,18,19)/t9-,10+,11+/m0/s1. The van der Waals surface area contributed by atoms with E-state index in [0.717, 1.165) is 0 Å². The Kier molecular flexibility index (Phi) is 5.06. The van der Waals surface area contributed by atoms with Crippen LogP contribution in [0.5, 0.6) is 0 Å². The maximum atomic E-state index is 11.9. The highest BCUT2D eigenvalue weighted by molar-refractivity contribution is 6.31. The van der Waals surface area contributed by atoms with E-state index in [1.54, 1.807) is 6.92 Å². The number of H-pyrrole nitrogens is 1. The lowest BCUT2D eigenvalue weighted by Gasteiger charge is -2.20. The summed E-state index contributed by atoms with van der Waals surface area (Å²) in [7, 11) is -0.713. The Bertz CT molecular complexity index is 633. The van der Waals surface area contributed by atoms with Crippen LogP contribution in [0.3, 0.4) is 0 Å². The van der Waals surface area contributed by atoms with Crippen molar-refractivity contribution in [1.29, 1.82) is 0 Å². The molecule has 8 heteroatoms. The van der Waals surface area contributed by atoms with Crippen LogP contribution in [0.15, 0.2) is 15.8 Å². The van der Waals surface area contributed by atoms with Crippen molar-refractivity contribution in [2.45, 2.75) is 57.6 Å². The molecule has 1 saturated heterocycles. The fraction of sp³-hybridized carbons (Fsp3) is 0.714. The summed E-state index contributed by atoms with van der Waals surface area (Å²) < 4.78 is 12.8. The molecule has 2 N–H and O–H groups in total. The monoisotopic (exact) mass is 328 g/mol. The van der Waals surface area contributed by atoms with Crippen LogP contribution < -0.4 is 11.2 Å². The van der Waals surface area contributed by atoms with Crippen molar-refractivity contribution in [2.75, 3.05) is 6.61 Å². The van der Waals surface area contributed by atoms with E-state index in [9.17, 15) is 14.7 Å². The first-order valence-corrected chi connectivity index (χ1v) is 8.69. The summed E-state index contributed by atoms with van der Waals surface area (Å²) in [5.74, 6) is 0. The minimum absolute atomic E-state index is 0.177. The van der Waals surface area contributed by atoms with Gasteiger partial charge in [-0.2, -0.15) is 0 Å². The topological polar surface area (TPSA) is 93.6 Å². The fourth-order valence-electron chi connectivity index (χ4n) is 2.32. The Morgan fingerprint density at radius 1 is 1.50 bits per heavy atom. The molecule has 124 valence electrons. The van der Waals surface area contributed by atoms with Gasteiger partial charge in [0.05, 0.1) is 12.7 Å². The van der Waals surface area contributed by atoms with Crippen LogP contribution in [0, 0.1) is 6.92 Å². The molecule has 1 fully saturated rings. The molecule has 2 heterocycles. The molecule has 0 spiro atoms. The Morgan fingerprint density at radius 3 is 2.82 bits per heavy atom. The number of aliphatic hydroxyl groups is 1. The van der Waals surface area contributed by atoms with Crippen LogP contribution in [-0.2, 0) is 9.16 Å². The zero-order chi connectivity index (χ0) is 16.5. The summed E-state index contributed by atoms with van der Waals surface area (Å²) in [6.45, 7) is 8.32. The minimum Gasteiger partial charge on any atom is -0.421 e. The van der Waals surface area contributed by atoms with E-state index in [0.29, 0.717) is 18.6 Å². The third-order valence-corrected chi connectivity index (χ3v) is 4.78. The van der Waals surface area contributed by atoms with Crippen molar-refractivity contribution in [3.05, 3.63) is 32.6 Å². The summed E-state index contributed by atoms with van der Waals surface area (Å²) in [5, 5.41) is 10.3. The zero-order valence-corrected chi connectivity index (χ0v) is 14.9. The van der Waals surface area contributed by atoms with Gasteiger partial charge in [-0.25, -0.2) is 4.79 Å². The molecule has 0 saturated carbocycles. The van der Waals surface area contributed by atoms with Crippen LogP contribution in [0.4, 0.5) is 0 Å². The number of aromatic amines is 1. The molecule has 7 nitrogen and oxygen atoms in total. The second kappa shape index (κ2) is 6.49. The van der Waals surface area contributed by atoms with Crippen molar-refractivity contribution in [3.63, 3.8) is 0 Å². The second-order valence-corrected chi connectivity index (χ2v) is 9.80. The van der Waals surface area contributed by atoms with E-state index in [2.05, 4.69) is 25.8 Å². The lowest BCUT2D eigenvalue weighted by Crippen LogP contribution is -2.33. The molecule has 1 aromatic rings. The number of rotatable bonds is 4. The smallest absolute Gasteiger partial charge is 0.330 e. The SMILES string of the molecule is Cc1cn([C@H]2C[C@H](O)[C@@H](CO[SiH2]C(C)(C)C)O2)c(=O)[nH]c1=O. The third kappa shape index (κ3) is 4.16. The number of hydrogen-bond acceptors (Lipinski definition) is 5. The van der Waals surface area contributed by atoms with Gasteiger partial charge in [0.15, 0.2) is 9.76 Å². The van der Waals surface area contributed by atoms with Crippen molar-refractivity contribution < 1.29 is 14.3 Å². The molecule has 0 aliphatic carbocycles. The lowest BCUT2D eigenvalue weighted by atomic mass is 10.2. The molecule has 2 rings (SSSR count). The minimum atomic E-state index is -0.713. The number of nitrogens with one attached hydrogen (secondary N) is 1. The molecular formula is C14H24N2O5Si. The molecular weight excluding hydrogens is 304 g/mol. The third-order valence-electron chi connectivity index (χ3n) is 3.48. The van der Waals surface area contributed by atoms with Crippen LogP contribution >= 0.6 is 0 Å². The highest BCUT2D eigenvalue weighted by atomic mass is 28.2. The molecule has 1 aliphatic rings. The van der Waals surface area contributed by atoms with Crippen LogP contribution in [0.25, 0.3) is 0 Å². The van der Waals surface area contributed by atoms with Crippen LogP contribution in [-0.4, -0.2) is 43.2 Å². The van der Waals surface area contributed by atoms with Gasteiger partial charge in [-0.3, -0.25) is 14.3 Å². The number of ether oxygens (including phenoxy) is 1. The Labute approximate surface area is 131 Å². The van der Waals surface area contributed by atoms with E-state index < -0.39 is 39.4 Å². The van der Waals surface area contributed by atoms with Crippen molar-refractivity contribution >= 4 is 9.76 Å². The predicted molar refractivity (Wildman–Crippen MR) is 84.8 cm³/mol. The molecule has 0 radical (unpaired) electrons. The average molecular weight is 328 g/mol. The molecule has 0 bridgehead atoms. The largest absolute Gasteiger partial charge is 0.421 e. The van der Waals surface area contributed by atoms with Crippen molar-refractivity contribution in [1.82, 2.24) is 9.55 Å². The fourth-order valence-corrected chi connectivity index (χ4v) is 3.28. The van der Waals surface area contributed by atoms with Gasteiger partial charge in [-0.05, 0) is 12.0 Å². The summed E-state index contributed by atoms with van der Waals surface area (Å²) in [4.78, 5) is 25.5. The summed E-state index contributed by atoms with van der Waals surface area (Å²) >= 11 is 0. The summed E-state index contributed by atoms with van der Waals surface area (Å²) in [6.07, 6.45) is 0.0578. The molecule has 1 aromatic heterocycles. The van der Waals surface area contributed by atoms with Gasteiger partial charge < -0.3 is 14.3 Å². The van der Waals surface area contributed by atoms with Crippen molar-refractivity contribution in [3.8, 4) is 0 Å². The van der Waals surface area contributed by atoms with Gasteiger partial charge in [-0.1, -0.05) is 20.8 Å². The highest BCUT2D eigenvalue weighted by Gasteiger charge is 2.35. The van der Waals surface area contributed by atoms with Gasteiger partial charge in [0.25, 0.3) is 5.56 Å². The normalized spacial score (nSPS) is 26.1. The van der Waals surface area contributed by atoms with Gasteiger partial charge in [-0.15, -0.1) is 0 Å². The summed E-state index contributed by atoms with van der Waals surface area (Å²) in [6, 6.07) is 0. The van der Waals surface area contributed by atoms with Gasteiger partial charge in [0.1, 0.15) is 12.3 Å². The molecule has 0 unspecified atom stereocenters. The first-order chi connectivity index (χ1) is 10.2. The Balaban J connectivity index is 2.03. The molecule has 1 aliphatic heterocycles. The first kappa shape index (κ1) is 17.1. The summed E-state index contributed by atoms with van der Waals surface area (Å²) in [5.41, 5.74) is -0.508. The average Bonchev–Trinajstić information content (AvgIpc) is 2.74. The maximum absolute atomic E-state index is 11.9. The molecule has 22 heavy (non-hydrogen) atoms. The van der Waals surface area contributed by atoms with E-state index in [1.165, 1.54) is 10.8 Å². The van der Waals surface area contributed by atoms with Crippen molar-refractivity contribution in [2.24, 2.45) is 0 Å². The highest BCUT2D eigenvalue weighted by Crippen LogP contribution is 2.28. The van der Waals surface area contributed by atoms with E-state index in [1.807, 2.05) is 0 Å². The first-order valence-electron chi connectivity index (χ1n) is 7.41. The zero-order valence-electron chi connectivity index (χ0n) is 13.5. The second-order valence-electron chi connectivity index (χ2n) is 6.99.